The van der Waals surface area contributed by atoms with Crippen molar-refractivity contribution in [3.05, 3.63) is 0 Å². The number of rotatable bonds is 4. The van der Waals surface area contributed by atoms with Crippen molar-refractivity contribution in [1.82, 2.24) is 4.90 Å². The molecule has 0 radical (unpaired) electrons. The minimum atomic E-state index is -0.240. The van der Waals surface area contributed by atoms with Gasteiger partial charge in [-0.3, -0.25) is 4.79 Å². The quantitative estimate of drug-likeness (QED) is 0.346. The Balaban J connectivity index is 1.87. The molecule has 1 amide bonds. The van der Waals surface area contributed by atoms with Gasteiger partial charge in [0.15, 0.2) is 5.84 Å². The van der Waals surface area contributed by atoms with E-state index in [1.807, 2.05) is 0 Å². The predicted molar refractivity (Wildman–Crippen MR) is 71.0 cm³/mol. The van der Waals surface area contributed by atoms with Gasteiger partial charge in [0, 0.05) is 19.6 Å². The second-order valence-electron chi connectivity index (χ2n) is 5.30. The van der Waals surface area contributed by atoms with Crippen LogP contribution in [0.1, 0.15) is 44.9 Å². The fourth-order valence-corrected chi connectivity index (χ4v) is 2.90. The van der Waals surface area contributed by atoms with Gasteiger partial charge in [-0.15, -0.1) is 0 Å². The fourth-order valence-electron chi connectivity index (χ4n) is 2.90. The molecule has 2 saturated heterocycles. The summed E-state index contributed by atoms with van der Waals surface area (Å²) >= 11 is 0. The molecule has 2 fully saturated rings. The molecule has 2 heterocycles. The molecule has 3 N–H and O–H groups in total. The lowest BCUT2D eigenvalue weighted by atomic mass is 10.00. The highest BCUT2D eigenvalue weighted by molar-refractivity contribution is 5.90. The van der Waals surface area contributed by atoms with Crippen LogP contribution in [0.15, 0.2) is 5.16 Å². The molecule has 0 spiro atoms. The first-order chi connectivity index (χ1) is 9.22. The Labute approximate surface area is 113 Å². The first-order valence-corrected chi connectivity index (χ1v) is 7.11. The molecule has 108 valence electrons. The van der Waals surface area contributed by atoms with Crippen LogP contribution in [-0.4, -0.2) is 47.1 Å². The molecule has 6 nitrogen and oxygen atoms in total. The lowest BCUT2D eigenvalue weighted by Gasteiger charge is -2.35. The molecule has 2 atom stereocenters. The number of nitrogens with zero attached hydrogens (tertiary/aromatic N) is 2. The van der Waals surface area contributed by atoms with Gasteiger partial charge in [-0.2, -0.15) is 0 Å². The Kier molecular flexibility index (Phi) is 5.01. The Morgan fingerprint density at radius 2 is 2.21 bits per heavy atom. The van der Waals surface area contributed by atoms with Gasteiger partial charge in [-0.1, -0.05) is 5.16 Å². The van der Waals surface area contributed by atoms with E-state index in [1.165, 1.54) is 0 Å². The van der Waals surface area contributed by atoms with Gasteiger partial charge in [-0.25, -0.2) is 0 Å². The maximum atomic E-state index is 12.3. The second-order valence-corrected chi connectivity index (χ2v) is 5.30. The largest absolute Gasteiger partial charge is 0.409 e. The highest BCUT2D eigenvalue weighted by Crippen LogP contribution is 2.21. The van der Waals surface area contributed by atoms with E-state index < -0.39 is 0 Å². The third-order valence-electron chi connectivity index (χ3n) is 3.98. The number of ether oxygens (including phenoxy) is 1. The van der Waals surface area contributed by atoms with E-state index in [4.69, 9.17) is 15.7 Å². The molecule has 2 unspecified atom stereocenters. The number of amides is 1. The number of hydrogen-bond donors (Lipinski definition) is 2. The summed E-state index contributed by atoms with van der Waals surface area (Å²) in [7, 11) is 0. The number of nitrogens with two attached hydrogens (primary N) is 1. The average Bonchev–Trinajstić information content (AvgIpc) is 2.97. The van der Waals surface area contributed by atoms with Crippen molar-refractivity contribution in [2.24, 2.45) is 10.9 Å². The summed E-state index contributed by atoms with van der Waals surface area (Å²) in [4.78, 5) is 14.0. The number of hydrogen-bond acceptors (Lipinski definition) is 4. The minimum Gasteiger partial charge on any atom is -0.409 e. The van der Waals surface area contributed by atoms with E-state index in [9.17, 15) is 4.79 Å². The van der Waals surface area contributed by atoms with Crippen LogP contribution < -0.4 is 5.73 Å². The van der Waals surface area contributed by atoms with Crippen LogP contribution in [0, 0.1) is 0 Å². The third kappa shape index (κ3) is 3.59. The number of amidine groups is 1. The van der Waals surface area contributed by atoms with Gasteiger partial charge >= 0.3 is 0 Å². The van der Waals surface area contributed by atoms with Crippen molar-refractivity contribution >= 4 is 11.7 Å². The van der Waals surface area contributed by atoms with Gasteiger partial charge in [0.25, 0.3) is 0 Å². The minimum absolute atomic E-state index is 0.0896. The monoisotopic (exact) mass is 269 g/mol. The van der Waals surface area contributed by atoms with Crippen LogP contribution >= 0.6 is 0 Å². The molecule has 2 rings (SSSR count). The summed E-state index contributed by atoms with van der Waals surface area (Å²) in [5.74, 6) is 0.233. The van der Waals surface area contributed by atoms with Gasteiger partial charge in [0.1, 0.15) is 0 Å². The normalized spacial score (nSPS) is 28.6. The third-order valence-corrected chi connectivity index (χ3v) is 3.98. The van der Waals surface area contributed by atoms with Crippen LogP contribution in [0.4, 0.5) is 0 Å². The molecular formula is C13H23N3O3. The standard InChI is InChI=1S/C13H23N3O3/c14-13(15-18)11-5-1-2-8-16(11)12(17)7-6-10-4-3-9-19-10/h10-11,18H,1-9H2,(H2,14,15). The Hall–Kier alpha value is -1.30. The van der Waals surface area contributed by atoms with Gasteiger partial charge < -0.3 is 20.6 Å². The Morgan fingerprint density at radius 3 is 2.89 bits per heavy atom. The van der Waals surface area contributed by atoms with Gasteiger partial charge in [-0.05, 0) is 38.5 Å². The first-order valence-electron chi connectivity index (χ1n) is 7.11. The van der Waals surface area contributed by atoms with Gasteiger partial charge in [0.05, 0.1) is 12.1 Å². The number of likely N-dealkylation sites (tertiary alicyclic amines) is 1. The number of oxime groups is 1. The Morgan fingerprint density at radius 1 is 1.37 bits per heavy atom. The molecule has 0 bridgehead atoms. The van der Waals surface area contributed by atoms with Crippen LogP contribution in [0.5, 0.6) is 0 Å². The lowest BCUT2D eigenvalue weighted by Crippen LogP contribution is -2.50. The van der Waals surface area contributed by atoms with Crippen molar-refractivity contribution in [1.29, 1.82) is 0 Å². The SMILES string of the molecule is NC(=NO)C1CCCCN1C(=O)CCC1CCCO1. The zero-order valence-electron chi connectivity index (χ0n) is 11.3. The van der Waals surface area contributed by atoms with Crippen LogP contribution in [-0.2, 0) is 9.53 Å². The molecule has 2 aliphatic heterocycles. The smallest absolute Gasteiger partial charge is 0.223 e. The van der Waals surface area contributed by atoms with Crippen molar-refractivity contribution in [2.45, 2.75) is 57.1 Å². The molecule has 6 heteroatoms. The topological polar surface area (TPSA) is 88.2 Å². The molecule has 2 aliphatic rings. The maximum Gasteiger partial charge on any atom is 0.223 e. The van der Waals surface area contributed by atoms with Gasteiger partial charge in [0.2, 0.25) is 5.91 Å². The first kappa shape index (κ1) is 14.1. The lowest BCUT2D eigenvalue weighted by molar-refractivity contribution is -0.134. The predicted octanol–water partition coefficient (Wildman–Crippen LogP) is 1.07. The van der Waals surface area contributed by atoms with Crippen molar-refractivity contribution in [3.8, 4) is 0 Å². The molecule has 0 aromatic rings. The zero-order chi connectivity index (χ0) is 13.7. The van der Waals surface area contributed by atoms with Crippen molar-refractivity contribution in [2.75, 3.05) is 13.2 Å². The summed E-state index contributed by atoms with van der Waals surface area (Å²) in [6.45, 7) is 1.51. The average molecular weight is 269 g/mol. The summed E-state index contributed by atoms with van der Waals surface area (Å²) in [5.41, 5.74) is 5.68. The molecule has 0 saturated carbocycles. The molecule has 19 heavy (non-hydrogen) atoms. The van der Waals surface area contributed by atoms with Crippen LogP contribution in [0.2, 0.25) is 0 Å². The second kappa shape index (κ2) is 6.75. The van der Waals surface area contributed by atoms with E-state index >= 15 is 0 Å². The molecule has 0 aromatic heterocycles. The number of piperidine rings is 1. The molecule has 0 aromatic carbocycles. The molecular weight excluding hydrogens is 246 g/mol. The maximum absolute atomic E-state index is 12.3. The highest BCUT2D eigenvalue weighted by atomic mass is 16.5. The van der Waals surface area contributed by atoms with Crippen LogP contribution in [0.3, 0.4) is 0 Å². The van der Waals surface area contributed by atoms with E-state index in [0.29, 0.717) is 13.0 Å². The van der Waals surface area contributed by atoms with Crippen molar-refractivity contribution in [3.63, 3.8) is 0 Å². The highest BCUT2D eigenvalue weighted by Gasteiger charge is 2.30. The van der Waals surface area contributed by atoms with E-state index in [-0.39, 0.29) is 23.9 Å². The Bertz CT molecular complexity index is 340. The number of carbonyl (C=O) groups excluding carboxylic acids is 1. The molecule has 0 aliphatic carbocycles. The van der Waals surface area contributed by atoms with E-state index in [0.717, 1.165) is 45.1 Å². The summed E-state index contributed by atoms with van der Waals surface area (Å²) in [6.07, 6.45) is 6.42. The fraction of sp³-hybridized carbons (Fsp3) is 0.846. The van der Waals surface area contributed by atoms with Crippen LogP contribution in [0.25, 0.3) is 0 Å². The summed E-state index contributed by atoms with van der Waals surface area (Å²) in [5, 5.41) is 11.9. The summed E-state index contributed by atoms with van der Waals surface area (Å²) < 4.78 is 5.53. The summed E-state index contributed by atoms with van der Waals surface area (Å²) in [6, 6.07) is -0.240. The van der Waals surface area contributed by atoms with E-state index in [2.05, 4.69) is 5.16 Å². The zero-order valence-corrected chi connectivity index (χ0v) is 11.3. The van der Waals surface area contributed by atoms with Crippen molar-refractivity contribution < 1.29 is 14.7 Å². The number of carbonyl (C=O) groups is 1. The van der Waals surface area contributed by atoms with E-state index in [1.54, 1.807) is 4.90 Å².